The molecule has 0 bridgehead atoms. The van der Waals surface area contributed by atoms with E-state index in [1.807, 2.05) is 13.0 Å². The molecule has 36 heavy (non-hydrogen) atoms. The number of rotatable bonds is 8. The van der Waals surface area contributed by atoms with Crippen molar-refractivity contribution in [2.45, 2.75) is 91.5 Å². The summed E-state index contributed by atoms with van der Waals surface area (Å²) in [5.41, 5.74) is -0.995. The Balaban J connectivity index is 0.000000212. The van der Waals surface area contributed by atoms with Gasteiger partial charge in [-0.2, -0.15) is 0 Å². The molecule has 1 N–H and O–H groups in total. The van der Waals surface area contributed by atoms with Crippen LogP contribution in [0.5, 0.6) is 0 Å². The average Bonchev–Trinajstić information content (AvgIpc) is 3.53. The monoisotopic (exact) mass is 500 g/mol. The zero-order valence-electron chi connectivity index (χ0n) is 22.2. The number of allylic oxidation sites excluding steroid dienone is 3. The molecule has 3 fully saturated rings. The van der Waals surface area contributed by atoms with Crippen LogP contribution in [-0.4, -0.2) is 28.2 Å². The minimum atomic E-state index is -0.789. The second-order valence-corrected chi connectivity index (χ2v) is 10.7. The third-order valence-electron chi connectivity index (χ3n) is 8.54. The molecule has 8 nitrogen and oxygen atoms in total. The van der Waals surface area contributed by atoms with Crippen LogP contribution in [0.3, 0.4) is 0 Å². The zero-order valence-corrected chi connectivity index (χ0v) is 22.2. The van der Waals surface area contributed by atoms with Crippen LogP contribution in [0.4, 0.5) is 0 Å². The first kappa shape index (κ1) is 27.8. The lowest BCUT2D eigenvalue weighted by Crippen LogP contribution is -2.48. The van der Waals surface area contributed by atoms with Crippen molar-refractivity contribution in [2.24, 2.45) is 29.1 Å². The molecule has 3 unspecified atom stereocenters. The minimum absolute atomic E-state index is 0.0398. The summed E-state index contributed by atoms with van der Waals surface area (Å²) in [6.45, 7) is 10.3. The average molecular weight is 501 g/mol. The molecule has 2 aliphatic carbocycles. The normalized spacial score (nSPS) is 32.7. The van der Waals surface area contributed by atoms with Crippen molar-refractivity contribution in [3.8, 4) is 0 Å². The van der Waals surface area contributed by atoms with Crippen LogP contribution in [0.1, 0.15) is 85.5 Å². The summed E-state index contributed by atoms with van der Waals surface area (Å²) in [5, 5.41) is 6.54. The summed E-state index contributed by atoms with van der Waals surface area (Å²) in [6.07, 6.45) is 14.0. The fraction of sp³-hybridized carbons (Fsp3) is 0.679. The lowest BCUT2D eigenvalue weighted by molar-refractivity contribution is -0.128. The van der Waals surface area contributed by atoms with Crippen LogP contribution in [-0.2, 0) is 20.8 Å². The highest BCUT2D eigenvalue weighted by Gasteiger charge is 2.54. The molecule has 6 atom stereocenters. The first-order valence-corrected chi connectivity index (χ1v) is 13.2. The van der Waals surface area contributed by atoms with E-state index < -0.39 is 16.8 Å². The maximum absolute atomic E-state index is 12.5. The Morgan fingerprint density at radius 2 is 1.81 bits per heavy atom. The highest BCUT2D eigenvalue weighted by Crippen LogP contribution is 2.50. The van der Waals surface area contributed by atoms with Gasteiger partial charge >= 0.3 is 5.82 Å². The molecular formula is C28H40N2O6. The fourth-order valence-electron chi connectivity index (χ4n) is 6.23. The quantitative estimate of drug-likeness (QED) is 0.519. The minimum Gasteiger partial charge on any atom is -0.375 e. The van der Waals surface area contributed by atoms with Gasteiger partial charge in [-0.25, -0.2) is 4.79 Å². The molecule has 8 heteroatoms. The number of carbonyl (C=O) groups is 3. The van der Waals surface area contributed by atoms with Crippen molar-refractivity contribution < 1.29 is 23.3 Å². The maximum Gasteiger partial charge on any atom is 0.542 e. The Morgan fingerprint density at radius 3 is 2.44 bits per heavy atom. The molecule has 2 heterocycles. The zero-order chi connectivity index (χ0) is 26.5. The highest BCUT2D eigenvalue weighted by atomic mass is 16.6. The summed E-state index contributed by atoms with van der Waals surface area (Å²) in [4.78, 5) is 46.7. The Bertz CT molecular complexity index is 1070. The van der Waals surface area contributed by atoms with Crippen LogP contribution < -0.4 is 11.1 Å². The standard InChI is InChI=1S/C16H23NO4.C12H17NO2/c1-5-6-7-11(3)16(4)12(10(2)8-13(16)18)9-14-17-21-15(19)20-14;1-2-3-4-7-12-9(5-6-10(12)14)8-11(15)13-12/h6-7,10-12H,5,8-9H2,1-4H3;3-4,9H,2,5-8H2,1H3,(H,13,15)/b7-6-;4-3-/t10?,11?,12-,16+;9-,12?/m01/s1. The molecule has 0 spiro atoms. The van der Waals surface area contributed by atoms with Gasteiger partial charge in [0.05, 0.1) is 0 Å². The van der Waals surface area contributed by atoms with Crippen molar-refractivity contribution in [1.82, 2.24) is 10.5 Å². The third-order valence-corrected chi connectivity index (χ3v) is 8.54. The molecule has 0 aromatic carbocycles. The molecule has 198 valence electrons. The van der Waals surface area contributed by atoms with Gasteiger partial charge in [-0.15, -0.1) is 0 Å². The van der Waals surface area contributed by atoms with Crippen LogP contribution in [0.25, 0.3) is 0 Å². The van der Waals surface area contributed by atoms with Crippen LogP contribution >= 0.6 is 0 Å². The first-order chi connectivity index (χ1) is 17.1. The Hall–Kier alpha value is -2.77. The Morgan fingerprint density at radius 1 is 1.08 bits per heavy atom. The van der Waals surface area contributed by atoms with Crippen LogP contribution in [0.15, 0.2) is 38.0 Å². The maximum atomic E-state index is 12.5. The number of carbonyl (C=O) groups excluding carboxylic acids is 3. The van der Waals surface area contributed by atoms with E-state index in [1.165, 1.54) is 0 Å². The lowest BCUT2D eigenvalue weighted by atomic mass is 9.67. The van der Waals surface area contributed by atoms with E-state index in [0.717, 1.165) is 19.3 Å². The molecule has 4 rings (SSSR count). The summed E-state index contributed by atoms with van der Waals surface area (Å²) in [6, 6.07) is 0. The number of hydrogen-bond acceptors (Lipinski definition) is 7. The molecule has 1 saturated heterocycles. The Kier molecular flexibility index (Phi) is 8.90. The second-order valence-electron chi connectivity index (χ2n) is 10.7. The molecule has 1 aromatic rings. The van der Waals surface area contributed by atoms with E-state index in [9.17, 15) is 19.2 Å². The molecule has 1 aromatic heterocycles. The smallest absolute Gasteiger partial charge is 0.375 e. The van der Waals surface area contributed by atoms with E-state index in [1.54, 1.807) is 0 Å². The van der Waals surface area contributed by atoms with Crippen LogP contribution in [0, 0.1) is 29.1 Å². The number of hydrogen-bond donors (Lipinski definition) is 1. The number of ketones is 2. The summed E-state index contributed by atoms with van der Waals surface area (Å²) in [5.74, 6) is 0.734. The van der Waals surface area contributed by atoms with Gasteiger partial charge in [-0.1, -0.05) is 58.9 Å². The number of Topliss-reactive ketones (excluding diaryl/α,β-unsaturated/α-hetero) is 2. The second kappa shape index (κ2) is 11.5. The van der Waals surface area contributed by atoms with Crippen molar-refractivity contribution in [1.29, 1.82) is 0 Å². The molecular weight excluding hydrogens is 460 g/mol. The van der Waals surface area contributed by atoms with E-state index in [4.69, 9.17) is 4.42 Å². The van der Waals surface area contributed by atoms with E-state index >= 15 is 0 Å². The third kappa shape index (κ3) is 5.47. The van der Waals surface area contributed by atoms with E-state index in [2.05, 4.69) is 60.9 Å². The van der Waals surface area contributed by atoms with Crippen molar-refractivity contribution in [3.63, 3.8) is 0 Å². The number of aromatic nitrogens is 1. The Labute approximate surface area is 212 Å². The molecule has 0 radical (unpaired) electrons. The predicted octanol–water partition coefficient (Wildman–Crippen LogP) is 4.58. The van der Waals surface area contributed by atoms with E-state index in [0.29, 0.717) is 32.1 Å². The van der Waals surface area contributed by atoms with Gasteiger partial charge < -0.3 is 9.73 Å². The van der Waals surface area contributed by atoms with Crippen molar-refractivity contribution in [3.05, 3.63) is 40.8 Å². The topological polar surface area (TPSA) is 119 Å². The molecule has 2 saturated carbocycles. The largest absolute Gasteiger partial charge is 0.542 e. The fourth-order valence-corrected chi connectivity index (χ4v) is 6.23. The predicted molar refractivity (Wildman–Crippen MR) is 135 cm³/mol. The number of nitrogens with one attached hydrogen (secondary N) is 1. The first-order valence-electron chi connectivity index (χ1n) is 13.2. The molecule has 1 aliphatic heterocycles. The summed E-state index contributed by atoms with van der Waals surface area (Å²) >= 11 is 0. The summed E-state index contributed by atoms with van der Waals surface area (Å²) in [7, 11) is 0. The van der Waals surface area contributed by atoms with Crippen molar-refractivity contribution >= 4 is 17.5 Å². The van der Waals surface area contributed by atoms with Gasteiger partial charge in [0.2, 0.25) is 11.8 Å². The number of nitrogens with zero attached hydrogens (tertiary/aromatic N) is 1. The highest BCUT2D eigenvalue weighted by molar-refractivity contribution is 5.98. The SMILES string of the molecule is CC/C=C\C(C)[C@@]1(C)C(=O)CC(C)[C@@H]1Cc1noc(=O)o1.CC/C=C\CC12NC(=O)C[C@H]1CCC2=O. The number of amides is 1. The van der Waals surface area contributed by atoms with Gasteiger partial charge in [-0.3, -0.25) is 18.9 Å². The van der Waals surface area contributed by atoms with Gasteiger partial charge in [-0.05, 0) is 54.5 Å². The molecule has 1 amide bonds. The van der Waals surface area contributed by atoms with Gasteiger partial charge in [0.15, 0.2) is 5.78 Å². The molecule has 3 aliphatic rings. The lowest BCUT2D eigenvalue weighted by Gasteiger charge is -2.35. The van der Waals surface area contributed by atoms with Gasteiger partial charge in [0.1, 0.15) is 11.3 Å². The van der Waals surface area contributed by atoms with Gasteiger partial charge in [0, 0.05) is 31.1 Å². The number of fused-ring (bicyclic) bond motifs is 1. The van der Waals surface area contributed by atoms with E-state index in [-0.39, 0.29) is 47.0 Å². The summed E-state index contributed by atoms with van der Waals surface area (Å²) < 4.78 is 9.38. The van der Waals surface area contributed by atoms with Crippen LogP contribution in [0.2, 0.25) is 0 Å². The van der Waals surface area contributed by atoms with Crippen molar-refractivity contribution in [2.75, 3.05) is 0 Å². The van der Waals surface area contributed by atoms with Gasteiger partial charge in [0.25, 0.3) is 0 Å².